The van der Waals surface area contributed by atoms with Crippen molar-refractivity contribution in [2.75, 3.05) is 26.3 Å². The number of aromatic hydroxyl groups is 1. The van der Waals surface area contributed by atoms with Crippen LogP contribution in [0.5, 0.6) is 5.75 Å². The summed E-state index contributed by atoms with van der Waals surface area (Å²) in [6.45, 7) is 15.9. The molecule has 0 amide bonds. The lowest BCUT2D eigenvalue weighted by Crippen LogP contribution is -2.32. The molecule has 4 nitrogen and oxygen atoms in total. The molecular formula is C19H30N2O2. The van der Waals surface area contributed by atoms with E-state index in [0.717, 1.165) is 24.2 Å². The SMILES string of the molecule is CC(C)(C)c1cc(/C=N/N2CCOCC2)c(O)c(C(C)(C)C)c1. The van der Waals surface area contributed by atoms with E-state index in [2.05, 4.69) is 58.8 Å². The Morgan fingerprint density at radius 2 is 1.65 bits per heavy atom. The number of ether oxygens (including phenoxy) is 1. The summed E-state index contributed by atoms with van der Waals surface area (Å²) in [6.07, 6.45) is 1.78. The highest BCUT2D eigenvalue weighted by Gasteiger charge is 2.24. The van der Waals surface area contributed by atoms with Gasteiger partial charge in [-0.2, -0.15) is 5.10 Å². The Morgan fingerprint density at radius 1 is 1.04 bits per heavy atom. The zero-order valence-electron chi connectivity index (χ0n) is 15.3. The van der Waals surface area contributed by atoms with E-state index in [0.29, 0.717) is 19.0 Å². The van der Waals surface area contributed by atoms with Gasteiger partial charge >= 0.3 is 0 Å². The average molecular weight is 318 g/mol. The molecule has 1 aliphatic rings. The monoisotopic (exact) mass is 318 g/mol. The quantitative estimate of drug-likeness (QED) is 0.847. The molecule has 4 heteroatoms. The van der Waals surface area contributed by atoms with Crippen LogP contribution in [0.3, 0.4) is 0 Å². The summed E-state index contributed by atoms with van der Waals surface area (Å²) in [4.78, 5) is 0. The van der Waals surface area contributed by atoms with Gasteiger partial charge in [-0.15, -0.1) is 0 Å². The van der Waals surface area contributed by atoms with E-state index in [1.807, 2.05) is 5.01 Å². The van der Waals surface area contributed by atoms with Gasteiger partial charge < -0.3 is 9.84 Å². The number of morpholine rings is 1. The van der Waals surface area contributed by atoms with Gasteiger partial charge in [-0.3, -0.25) is 5.01 Å². The maximum Gasteiger partial charge on any atom is 0.128 e. The topological polar surface area (TPSA) is 45.1 Å². The molecule has 1 aromatic rings. The molecule has 0 aromatic heterocycles. The zero-order valence-corrected chi connectivity index (χ0v) is 15.3. The molecule has 1 aliphatic heterocycles. The van der Waals surface area contributed by atoms with Crippen molar-refractivity contribution in [1.29, 1.82) is 0 Å². The van der Waals surface area contributed by atoms with Crippen molar-refractivity contribution in [1.82, 2.24) is 5.01 Å². The fourth-order valence-electron chi connectivity index (χ4n) is 2.57. The lowest BCUT2D eigenvalue weighted by molar-refractivity contribution is 0.0397. The zero-order chi connectivity index (χ0) is 17.3. The Bertz CT molecular complexity index is 574. The highest BCUT2D eigenvalue weighted by Crippen LogP contribution is 2.37. The van der Waals surface area contributed by atoms with E-state index >= 15 is 0 Å². The third-order valence-electron chi connectivity index (χ3n) is 4.16. The molecule has 0 saturated carbocycles. The van der Waals surface area contributed by atoms with Gasteiger partial charge in [0.2, 0.25) is 0 Å². The summed E-state index contributed by atoms with van der Waals surface area (Å²) in [5, 5.41) is 17.2. The van der Waals surface area contributed by atoms with Gasteiger partial charge in [0.1, 0.15) is 5.75 Å². The standard InChI is InChI=1S/C19H30N2O2/c1-18(2,3)15-11-14(13-20-21-7-9-23-10-8-21)17(22)16(12-15)19(4,5)6/h11-13,22H,7-10H2,1-6H3/b20-13+. The van der Waals surface area contributed by atoms with Gasteiger partial charge in [0.05, 0.1) is 32.5 Å². The second-order valence-corrected chi connectivity index (χ2v) is 8.27. The minimum atomic E-state index is -0.118. The van der Waals surface area contributed by atoms with E-state index in [1.165, 1.54) is 5.56 Å². The Labute approximate surface area is 140 Å². The summed E-state index contributed by atoms with van der Waals surface area (Å²) in [5.41, 5.74) is 2.87. The van der Waals surface area contributed by atoms with E-state index in [4.69, 9.17) is 4.74 Å². The third-order valence-corrected chi connectivity index (χ3v) is 4.16. The number of phenolic OH excluding ortho intramolecular Hbond substituents is 1. The third kappa shape index (κ3) is 4.47. The molecule has 1 heterocycles. The van der Waals surface area contributed by atoms with Crippen LogP contribution in [0, 0.1) is 0 Å². The summed E-state index contributed by atoms with van der Waals surface area (Å²) >= 11 is 0. The minimum absolute atomic E-state index is 0.0231. The van der Waals surface area contributed by atoms with Crippen LogP contribution in [0.4, 0.5) is 0 Å². The van der Waals surface area contributed by atoms with Gasteiger partial charge in [0.25, 0.3) is 0 Å². The molecule has 0 atom stereocenters. The number of hydrogen-bond acceptors (Lipinski definition) is 4. The summed E-state index contributed by atoms with van der Waals surface area (Å²) < 4.78 is 5.34. The molecule has 1 fully saturated rings. The average Bonchev–Trinajstić information content (AvgIpc) is 2.44. The maximum absolute atomic E-state index is 10.7. The van der Waals surface area contributed by atoms with Crippen LogP contribution >= 0.6 is 0 Å². The molecule has 0 aliphatic carbocycles. The summed E-state index contributed by atoms with van der Waals surface area (Å²) in [6, 6.07) is 4.18. The molecule has 0 spiro atoms. The van der Waals surface area contributed by atoms with Crippen molar-refractivity contribution in [2.45, 2.75) is 52.4 Å². The maximum atomic E-state index is 10.7. The first-order chi connectivity index (χ1) is 10.6. The van der Waals surface area contributed by atoms with Crippen molar-refractivity contribution >= 4 is 6.21 Å². The van der Waals surface area contributed by atoms with Gasteiger partial charge in [-0.1, -0.05) is 47.6 Å². The van der Waals surface area contributed by atoms with Crippen LogP contribution in [0.15, 0.2) is 17.2 Å². The number of nitrogens with zero attached hydrogens (tertiary/aromatic N) is 2. The van der Waals surface area contributed by atoms with E-state index < -0.39 is 0 Å². The lowest BCUT2D eigenvalue weighted by atomic mass is 9.79. The Balaban J connectivity index is 2.42. The van der Waals surface area contributed by atoms with Crippen molar-refractivity contribution < 1.29 is 9.84 Å². The highest BCUT2D eigenvalue weighted by molar-refractivity contribution is 5.84. The molecule has 1 N–H and O–H groups in total. The number of benzene rings is 1. The number of hydrogen-bond donors (Lipinski definition) is 1. The number of phenols is 1. The van der Waals surface area contributed by atoms with Gasteiger partial charge in [-0.05, 0) is 22.5 Å². The molecule has 0 unspecified atom stereocenters. The molecule has 0 bridgehead atoms. The van der Waals surface area contributed by atoms with Gasteiger partial charge in [0, 0.05) is 11.1 Å². The first-order valence-corrected chi connectivity index (χ1v) is 8.33. The summed E-state index contributed by atoms with van der Waals surface area (Å²) in [7, 11) is 0. The molecule has 128 valence electrons. The second-order valence-electron chi connectivity index (χ2n) is 8.27. The Kier molecular flexibility index (Phi) is 5.04. The number of hydrazone groups is 1. The van der Waals surface area contributed by atoms with Crippen molar-refractivity contribution in [3.8, 4) is 5.75 Å². The van der Waals surface area contributed by atoms with Crippen LogP contribution in [-0.4, -0.2) is 42.6 Å². The fourth-order valence-corrected chi connectivity index (χ4v) is 2.57. The predicted octanol–water partition coefficient (Wildman–Crippen LogP) is 3.65. The molecule has 1 saturated heterocycles. The fraction of sp³-hybridized carbons (Fsp3) is 0.632. The van der Waals surface area contributed by atoms with Crippen LogP contribution < -0.4 is 0 Å². The first kappa shape index (κ1) is 17.8. The van der Waals surface area contributed by atoms with Gasteiger partial charge in [0.15, 0.2) is 0 Å². The highest BCUT2D eigenvalue weighted by atomic mass is 16.5. The van der Waals surface area contributed by atoms with Crippen LogP contribution in [0.1, 0.15) is 58.2 Å². The smallest absolute Gasteiger partial charge is 0.128 e. The van der Waals surface area contributed by atoms with Crippen LogP contribution in [-0.2, 0) is 15.6 Å². The van der Waals surface area contributed by atoms with Crippen LogP contribution in [0.25, 0.3) is 0 Å². The predicted molar refractivity (Wildman–Crippen MR) is 95.5 cm³/mol. The molecule has 2 rings (SSSR count). The molecular weight excluding hydrogens is 288 g/mol. The normalized spacial score (nSPS) is 17.0. The molecule has 23 heavy (non-hydrogen) atoms. The lowest BCUT2D eigenvalue weighted by Gasteiger charge is -2.27. The van der Waals surface area contributed by atoms with Crippen molar-refractivity contribution in [2.24, 2.45) is 5.10 Å². The van der Waals surface area contributed by atoms with Crippen LogP contribution in [0.2, 0.25) is 0 Å². The molecule has 0 radical (unpaired) electrons. The van der Waals surface area contributed by atoms with Crippen molar-refractivity contribution in [3.63, 3.8) is 0 Å². The van der Waals surface area contributed by atoms with E-state index in [1.54, 1.807) is 6.21 Å². The minimum Gasteiger partial charge on any atom is -0.507 e. The number of rotatable bonds is 2. The largest absolute Gasteiger partial charge is 0.507 e. The van der Waals surface area contributed by atoms with E-state index in [9.17, 15) is 5.11 Å². The van der Waals surface area contributed by atoms with Crippen molar-refractivity contribution in [3.05, 3.63) is 28.8 Å². The Hall–Kier alpha value is -1.55. The molecule has 1 aromatic carbocycles. The summed E-state index contributed by atoms with van der Waals surface area (Å²) in [5.74, 6) is 0.336. The Morgan fingerprint density at radius 3 is 2.17 bits per heavy atom. The van der Waals surface area contributed by atoms with Gasteiger partial charge in [-0.25, -0.2) is 0 Å². The van der Waals surface area contributed by atoms with E-state index in [-0.39, 0.29) is 10.8 Å². The first-order valence-electron chi connectivity index (χ1n) is 8.33. The second kappa shape index (κ2) is 6.52.